The molecule has 27 heavy (non-hydrogen) atoms. The first-order valence-corrected chi connectivity index (χ1v) is 10.5. The molecule has 1 amide bonds. The number of carbonyl (C=O) groups excluding carboxylic acids is 1. The van der Waals surface area contributed by atoms with Crippen molar-refractivity contribution in [2.24, 2.45) is 0 Å². The van der Waals surface area contributed by atoms with Gasteiger partial charge in [0.15, 0.2) is 11.5 Å². The van der Waals surface area contributed by atoms with Gasteiger partial charge in [0.1, 0.15) is 5.76 Å². The van der Waals surface area contributed by atoms with Crippen LogP contribution in [0.2, 0.25) is 0 Å². The molecule has 2 saturated heterocycles. The number of furan rings is 1. The molecule has 1 spiro atoms. The van der Waals surface area contributed by atoms with Crippen molar-refractivity contribution in [1.29, 1.82) is 0 Å². The van der Waals surface area contributed by atoms with Crippen LogP contribution in [0, 0.1) is 6.92 Å². The van der Waals surface area contributed by atoms with Gasteiger partial charge in [0.25, 0.3) is 5.91 Å². The number of benzene rings is 1. The van der Waals surface area contributed by atoms with Crippen molar-refractivity contribution in [3.05, 3.63) is 53.5 Å². The van der Waals surface area contributed by atoms with E-state index in [1.807, 2.05) is 31.2 Å². The predicted molar refractivity (Wildman–Crippen MR) is 99.8 cm³/mol. The Kier molecular flexibility index (Phi) is 5.16. The van der Waals surface area contributed by atoms with Gasteiger partial charge in [-0.25, -0.2) is 0 Å². The van der Waals surface area contributed by atoms with E-state index in [1.54, 1.807) is 17.0 Å². The van der Waals surface area contributed by atoms with E-state index in [2.05, 4.69) is 0 Å². The third-order valence-corrected chi connectivity index (χ3v) is 6.61. The van der Waals surface area contributed by atoms with Crippen molar-refractivity contribution in [3.63, 3.8) is 0 Å². The van der Waals surface area contributed by atoms with Gasteiger partial charge in [-0.05, 0) is 30.7 Å². The Morgan fingerprint density at radius 2 is 1.81 bits per heavy atom. The minimum Gasteiger partial charge on any atom is -0.455 e. The van der Waals surface area contributed by atoms with E-state index in [9.17, 15) is 9.00 Å². The van der Waals surface area contributed by atoms with Crippen LogP contribution in [0.25, 0.3) is 0 Å². The van der Waals surface area contributed by atoms with E-state index < -0.39 is 16.6 Å². The van der Waals surface area contributed by atoms with Gasteiger partial charge in [0, 0.05) is 30.8 Å². The second-order valence-electron chi connectivity index (χ2n) is 6.92. The molecule has 7 heteroatoms. The number of hydrogen-bond acceptors (Lipinski definition) is 5. The first-order valence-electron chi connectivity index (χ1n) is 9.16. The smallest absolute Gasteiger partial charge is 0.289 e. The zero-order chi connectivity index (χ0) is 18.9. The number of ether oxygens (including phenoxy) is 2. The summed E-state index contributed by atoms with van der Waals surface area (Å²) in [6, 6.07) is 11.0. The number of piperidine rings is 1. The molecule has 2 aliphatic rings. The van der Waals surface area contributed by atoms with Crippen LogP contribution < -0.4 is 0 Å². The third-order valence-electron chi connectivity index (χ3n) is 5.11. The summed E-state index contributed by atoms with van der Waals surface area (Å²) in [6.45, 7) is 4.32. The number of rotatable bonds is 4. The number of aryl methyl sites for hydroxylation is 1. The Labute approximate surface area is 160 Å². The minimum absolute atomic E-state index is 0.143. The maximum atomic E-state index is 12.7. The first-order chi connectivity index (χ1) is 13.1. The Balaban J connectivity index is 1.38. The van der Waals surface area contributed by atoms with Crippen molar-refractivity contribution in [1.82, 2.24) is 4.90 Å². The van der Waals surface area contributed by atoms with Crippen LogP contribution in [0.3, 0.4) is 0 Å². The molecule has 0 unspecified atom stereocenters. The molecule has 4 rings (SSSR count). The highest BCUT2D eigenvalue weighted by molar-refractivity contribution is 7.84. The Morgan fingerprint density at radius 3 is 2.52 bits per heavy atom. The molecule has 1 aromatic carbocycles. The van der Waals surface area contributed by atoms with Gasteiger partial charge in [-0.3, -0.25) is 9.00 Å². The SMILES string of the molecule is Cc1ccccc1[S@](=O)Cc1ccc(C(=O)N2CCC3(CC2)OCCO3)o1. The molecule has 0 bridgehead atoms. The lowest BCUT2D eigenvalue weighted by molar-refractivity contribution is -0.181. The van der Waals surface area contributed by atoms with Crippen LogP contribution >= 0.6 is 0 Å². The van der Waals surface area contributed by atoms with Crippen molar-refractivity contribution in [3.8, 4) is 0 Å². The average molecular weight is 389 g/mol. The zero-order valence-electron chi connectivity index (χ0n) is 15.3. The van der Waals surface area contributed by atoms with Crippen LogP contribution in [-0.4, -0.2) is 47.1 Å². The monoisotopic (exact) mass is 389 g/mol. The molecule has 0 radical (unpaired) electrons. The van der Waals surface area contributed by atoms with Crippen LogP contribution in [0.1, 0.15) is 34.7 Å². The van der Waals surface area contributed by atoms with E-state index in [1.165, 1.54) is 0 Å². The van der Waals surface area contributed by atoms with Gasteiger partial charge >= 0.3 is 0 Å². The summed E-state index contributed by atoms with van der Waals surface area (Å²) in [5, 5.41) is 0. The minimum atomic E-state index is -1.21. The number of nitrogens with zero attached hydrogens (tertiary/aromatic N) is 1. The molecule has 0 saturated carbocycles. The highest BCUT2D eigenvalue weighted by atomic mass is 32.2. The van der Waals surface area contributed by atoms with Gasteiger partial charge in [0.2, 0.25) is 0 Å². The van der Waals surface area contributed by atoms with Gasteiger partial charge in [-0.2, -0.15) is 0 Å². The lowest BCUT2D eigenvalue weighted by Crippen LogP contribution is -2.47. The van der Waals surface area contributed by atoms with Gasteiger partial charge in [-0.1, -0.05) is 18.2 Å². The van der Waals surface area contributed by atoms with Crippen molar-refractivity contribution < 1.29 is 22.9 Å². The second kappa shape index (κ2) is 7.58. The Bertz CT molecular complexity index is 846. The summed E-state index contributed by atoms with van der Waals surface area (Å²) >= 11 is 0. The lowest BCUT2D eigenvalue weighted by Gasteiger charge is -2.37. The molecule has 1 atom stereocenters. The average Bonchev–Trinajstić information content (AvgIpc) is 3.32. The van der Waals surface area contributed by atoms with E-state index in [-0.39, 0.29) is 17.4 Å². The topological polar surface area (TPSA) is 69.0 Å². The number of amides is 1. The number of hydrogen-bond donors (Lipinski definition) is 0. The highest BCUT2D eigenvalue weighted by Crippen LogP contribution is 2.32. The summed E-state index contributed by atoms with van der Waals surface area (Å²) in [5.41, 5.74) is 0.984. The van der Waals surface area contributed by atoms with Crippen molar-refractivity contribution in [2.45, 2.75) is 36.2 Å². The first kappa shape index (κ1) is 18.4. The molecular formula is C20H23NO5S. The number of likely N-dealkylation sites (tertiary alicyclic amines) is 1. The van der Waals surface area contributed by atoms with E-state index in [0.717, 1.165) is 10.5 Å². The fraction of sp³-hybridized carbons (Fsp3) is 0.450. The normalized spacial score (nSPS) is 20.1. The molecule has 2 fully saturated rings. The Morgan fingerprint density at radius 1 is 1.11 bits per heavy atom. The molecule has 0 aliphatic carbocycles. The van der Waals surface area contributed by atoms with Crippen LogP contribution in [-0.2, 0) is 26.0 Å². The molecular weight excluding hydrogens is 366 g/mol. The van der Waals surface area contributed by atoms with E-state index in [0.29, 0.717) is 44.9 Å². The van der Waals surface area contributed by atoms with Crippen LogP contribution in [0.5, 0.6) is 0 Å². The quantitative estimate of drug-likeness (QED) is 0.804. The van der Waals surface area contributed by atoms with Gasteiger partial charge < -0.3 is 18.8 Å². The van der Waals surface area contributed by atoms with Gasteiger partial charge in [-0.15, -0.1) is 0 Å². The van der Waals surface area contributed by atoms with Gasteiger partial charge in [0.05, 0.1) is 29.8 Å². The molecule has 2 aromatic rings. The summed E-state index contributed by atoms with van der Waals surface area (Å²) in [5.74, 6) is 0.445. The van der Waals surface area contributed by atoms with Crippen molar-refractivity contribution >= 4 is 16.7 Å². The molecule has 144 valence electrons. The summed E-state index contributed by atoms with van der Waals surface area (Å²) in [7, 11) is -1.21. The van der Waals surface area contributed by atoms with E-state index in [4.69, 9.17) is 13.9 Å². The third kappa shape index (κ3) is 3.85. The summed E-state index contributed by atoms with van der Waals surface area (Å²) < 4.78 is 29.7. The van der Waals surface area contributed by atoms with Crippen molar-refractivity contribution in [2.75, 3.05) is 26.3 Å². The zero-order valence-corrected chi connectivity index (χ0v) is 16.1. The molecule has 3 heterocycles. The Hall–Kier alpha value is -1.96. The molecule has 6 nitrogen and oxygen atoms in total. The maximum absolute atomic E-state index is 12.7. The predicted octanol–water partition coefficient (Wildman–Crippen LogP) is 2.87. The molecule has 0 N–H and O–H groups in total. The largest absolute Gasteiger partial charge is 0.455 e. The van der Waals surface area contributed by atoms with Crippen LogP contribution in [0.15, 0.2) is 45.7 Å². The maximum Gasteiger partial charge on any atom is 0.289 e. The summed E-state index contributed by atoms with van der Waals surface area (Å²) in [4.78, 5) is 15.3. The molecule has 1 aromatic heterocycles. The number of carbonyl (C=O) groups is 1. The fourth-order valence-electron chi connectivity index (χ4n) is 3.58. The highest BCUT2D eigenvalue weighted by Gasteiger charge is 2.41. The summed E-state index contributed by atoms with van der Waals surface area (Å²) in [6.07, 6.45) is 1.34. The second-order valence-corrected chi connectivity index (χ2v) is 8.34. The standard InChI is InChI=1S/C20H23NO5S/c1-15-4-2-3-5-18(15)27(23)14-16-6-7-17(26-16)19(22)21-10-8-20(9-11-21)24-12-13-25-20/h2-7H,8-14H2,1H3/t27-/m1/s1. The molecule has 2 aliphatic heterocycles. The van der Waals surface area contributed by atoms with E-state index >= 15 is 0 Å². The van der Waals surface area contributed by atoms with Crippen LogP contribution in [0.4, 0.5) is 0 Å². The lowest BCUT2D eigenvalue weighted by atomic mass is 10.0. The fourth-order valence-corrected chi connectivity index (χ4v) is 4.81.